The number of fused-ring (bicyclic) bond motifs is 1. The lowest BCUT2D eigenvalue weighted by molar-refractivity contribution is -0.126. The Balaban J connectivity index is 2.23. The molecule has 106 valence electrons. The molecule has 0 aromatic rings. The van der Waals surface area contributed by atoms with Crippen LogP contribution in [0.1, 0.15) is 20.8 Å². The van der Waals surface area contributed by atoms with Crippen LogP contribution in [-0.4, -0.2) is 31.4 Å². The van der Waals surface area contributed by atoms with Gasteiger partial charge in [0, 0.05) is 11.5 Å². The summed E-state index contributed by atoms with van der Waals surface area (Å²) in [6, 6.07) is 0. The lowest BCUT2D eigenvalue weighted by Gasteiger charge is -2.34. The molecule has 1 atom stereocenters. The Kier molecular flexibility index (Phi) is 2.94. The second-order valence-electron chi connectivity index (χ2n) is 5.65. The van der Waals surface area contributed by atoms with Crippen molar-refractivity contribution in [3.8, 4) is 0 Å². The van der Waals surface area contributed by atoms with Gasteiger partial charge in [0.15, 0.2) is 11.6 Å². The third-order valence-corrected chi connectivity index (χ3v) is 4.55. The molecule has 3 aliphatic rings. The van der Waals surface area contributed by atoms with E-state index in [0.717, 1.165) is 16.7 Å². The molecule has 1 spiro atoms. The minimum Gasteiger partial charge on any atom is -0.494 e. The molecule has 0 amide bonds. The van der Waals surface area contributed by atoms with Crippen molar-refractivity contribution in [2.75, 3.05) is 19.8 Å². The highest BCUT2D eigenvalue weighted by atomic mass is 16.5. The van der Waals surface area contributed by atoms with Crippen LogP contribution in [0.4, 0.5) is 0 Å². The average molecular weight is 274 g/mol. The Morgan fingerprint density at radius 2 is 1.80 bits per heavy atom. The molecule has 0 N–H and O–H groups in total. The molecule has 0 aromatic heterocycles. The molecule has 0 saturated carbocycles. The summed E-state index contributed by atoms with van der Waals surface area (Å²) in [5, 5.41) is 0. The number of allylic oxidation sites excluding steroid dienone is 3. The van der Waals surface area contributed by atoms with Gasteiger partial charge in [-0.25, -0.2) is 0 Å². The van der Waals surface area contributed by atoms with Gasteiger partial charge in [-0.05, 0) is 37.1 Å². The van der Waals surface area contributed by atoms with Crippen molar-refractivity contribution in [2.24, 2.45) is 11.3 Å². The van der Waals surface area contributed by atoms with Gasteiger partial charge in [-0.1, -0.05) is 6.92 Å². The van der Waals surface area contributed by atoms with E-state index in [4.69, 9.17) is 9.47 Å². The average Bonchev–Trinajstić information content (AvgIpc) is 2.58. The Hall–Kier alpha value is -1.68. The molecule has 1 unspecified atom stereocenters. The number of ether oxygens (including phenoxy) is 2. The number of ketones is 2. The van der Waals surface area contributed by atoms with Gasteiger partial charge < -0.3 is 9.47 Å². The zero-order valence-electron chi connectivity index (χ0n) is 12.0. The van der Waals surface area contributed by atoms with E-state index in [-0.39, 0.29) is 17.5 Å². The highest BCUT2D eigenvalue weighted by Crippen LogP contribution is 2.54. The zero-order valence-corrected chi connectivity index (χ0v) is 12.0. The van der Waals surface area contributed by atoms with E-state index >= 15 is 0 Å². The van der Waals surface area contributed by atoms with Gasteiger partial charge in [0.2, 0.25) is 0 Å². The Bertz CT molecular complexity index is 570. The number of carbonyl (C=O) groups excluding carboxylic acids is 2. The molecule has 2 aliphatic carbocycles. The summed E-state index contributed by atoms with van der Waals surface area (Å²) in [6.07, 6.45) is 3.09. The predicted octanol–water partition coefficient (Wildman–Crippen LogP) is 1.97. The summed E-state index contributed by atoms with van der Waals surface area (Å²) in [5.74, 6) is 0.485. The number of Topliss-reactive ketones (excluding diaryl/α,β-unsaturated/α-hetero) is 1. The Labute approximate surface area is 118 Å². The SMILES string of the molecule is CC1=CC(=O)C=C(C)C12C(=O)C(C)C1=C2OCCOC1. The molecule has 20 heavy (non-hydrogen) atoms. The number of rotatable bonds is 0. The monoisotopic (exact) mass is 274 g/mol. The van der Waals surface area contributed by atoms with E-state index in [1.54, 1.807) is 12.2 Å². The fourth-order valence-electron chi connectivity index (χ4n) is 3.55. The summed E-state index contributed by atoms with van der Waals surface area (Å²) in [4.78, 5) is 24.6. The molecular formula is C16H18O4. The van der Waals surface area contributed by atoms with Crippen LogP contribution in [0.2, 0.25) is 0 Å². The van der Waals surface area contributed by atoms with Crippen molar-refractivity contribution in [1.29, 1.82) is 0 Å². The van der Waals surface area contributed by atoms with E-state index in [1.165, 1.54) is 0 Å². The molecule has 4 nitrogen and oxygen atoms in total. The maximum absolute atomic E-state index is 12.9. The van der Waals surface area contributed by atoms with Gasteiger partial charge in [-0.3, -0.25) is 9.59 Å². The molecule has 0 aromatic carbocycles. The third-order valence-electron chi connectivity index (χ3n) is 4.55. The number of carbonyl (C=O) groups is 2. The molecule has 0 saturated heterocycles. The zero-order chi connectivity index (χ0) is 14.5. The Morgan fingerprint density at radius 3 is 2.45 bits per heavy atom. The first kappa shape index (κ1) is 13.3. The lowest BCUT2D eigenvalue weighted by Crippen LogP contribution is -2.37. The molecule has 4 heteroatoms. The van der Waals surface area contributed by atoms with Crippen molar-refractivity contribution >= 4 is 11.6 Å². The summed E-state index contributed by atoms with van der Waals surface area (Å²) >= 11 is 0. The molecule has 3 rings (SSSR count). The summed E-state index contributed by atoms with van der Waals surface area (Å²) in [6.45, 7) is 6.96. The van der Waals surface area contributed by atoms with E-state index in [0.29, 0.717) is 25.6 Å². The minimum absolute atomic E-state index is 0.0648. The molecule has 1 aliphatic heterocycles. The van der Waals surface area contributed by atoms with E-state index < -0.39 is 5.41 Å². The van der Waals surface area contributed by atoms with Crippen molar-refractivity contribution < 1.29 is 19.1 Å². The van der Waals surface area contributed by atoms with Crippen molar-refractivity contribution in [3.63, 3.8) is 0 Å². The summed E-state index contributed by atoms with van der Waals surface area (Å²) < 4.78 is 11.4. The normalized spacial score (nSPS) is 28.9. The van der Waals surface area contributed by atoms with E-state index in [9.17, 15) is 9.59 Å². The molecule has 0 bridgehead atoms. The maximum atomic E-state index is 12.9. The van der Waals surface area contributed by atoms with Gasteiger partial charge in [0.1, 0.15) is 17.8 Å². The van der Waals surface area contributed by atoms with Crippen LogP contribution in [0.3, 0.4) is 0 Å². The first-order valence-corrected chi connectivity index (χ1v) is 6.89. The maximum Gasteiger partial charge on any atom is 0.178 e. The quantitative estimate of drug-likeness (QED) is 0.677. The van der Waals surface area contributed by atoms with Crippen molar-refractivity contribution in [1.82, 2.24) is 0 Å². The first-order chi connectivity index (χ1) is 9.49. The number of hydrogen-bond donors (Lipinski definition) is 0. The van der Waals surface area contributed by atoms with Crippen molar-refractivity contribution in [2.45, 2.75) is 20.8 Å². The van der Waals surface area contributed by atoms with Gasteiger partial charge in [-0.2, -0.15) is 0 Å². The largest absolute Gasteiger partial charge is 0.494 e. The van der Waals surface area contributed by atoms with Crippen molar-refractivity contribution in [3.05, 3.63) is 34.6 Å². The van der Waals surface area contributed by atoms with Gasteiger partial charge >= 0.3 is 0 Å². The standard InChI is InChI=1S/C16H18O4/c1-9-6-12(17)7-10(2)16(9)14(18)11(3)13-8-19-4-5-20-15(13)16/h6-7,11H,4-5,8H2,1-3H3. The van der Waals surface area contributed by atoms with Gasteiger partial charge in [-0.15, -0.1) is 0 Å². The van der Waals surface area contributed by atoms with Crippen LogP contribution >= 0.6 is 0 Å². The second kappa shape index (κ2) is 4.42. The lowest BCUT2D eigenvalue weighted by atomic mass is 9.68. The van der Waals surface area contributed by atoms with Gasteiger partial charge in [0.25, 0.3) is 0 Å². The van der Waals surface area contributed by atoms with E-state index in [2.05, 4.69) is 0 Å². The van der Waals surface area contributed by atoms with Crippen LogP contribution in [0.5, 0.6) is 0 Å². The van der Waals surface area contributed by atoms with Gasteiger partial charge in [0.05, 0.1) is 13.2 Å². The van der Waals surface area contributed by atoms with Crippen LogP contribution in [-0.2, 0) is 19.1 Å². The summed E-state index contributed by atoms with van der Waals surface area (Å²) in [5.41, 5.74) is 1.55. The molecule has 0 fully saturated rings. The number of hydrogen-bond acceptors (Lipinski definition) is 4. The molecule has 0 radical (unpaired) electrons. The highest BCUT2D eigenvalue weighted by molar-refractivity contribution is 6.09. The summed E-state index contributed by atoms with van der Waals surface area (Å²) in [7, 11) is 0. The second-order valence-corrected chi connectivity index (χ2v) is 5.65. The van der Waals surface area contributed by atoms with E-state index in [1.807, 2.05) is 20.8 Å². The van der Waals surface area contributed by atoms with Crippen LogP contribution < -0.4 is 0 Å². The molecular weight excluding hydrogens is 256 g/mol. The third kappa shape index (κ3) is 1.51. The Morgan fingerprint density at radius 1 is 1.15 bits per heavy atom. The minimum atomic E-state index is -0.879. The van der Waals surface area contributed by atoms with Crippen LogP contribution in [0, 0.1) is 11.3 Å². The molecule has 1 heterocycles. The smallest absolute Gasteiger partial charge is 0.178 e. The fourth-order valence-corrected chi connectivity index (χ4v) is 3.55. The topological polar surface area (TPSA) is 52.6 Å². The van der Waals surface area contributed by atoms with Crippen LogP contribution in [0.25, 0.3) is 0 Å². The fraction of sp³-hybridized carbons (Fsp3) is 0.500. The predicted molar refractivity (Wildman–Crippen MR) is 72.9 cm³/mol. The first-order valence-electron chi connectivity index (χ1n) is 6.89. The highest BCUT2D eigenvalue weighted by Gasteiger charge is 2.56. The van der Waals surface area contributed by atoms with Crippen LogP contribution in [0.15, 0.2) is 34.6 Å².